The van der Waals surface area contributed by atoms with Gasteiger partial charge in [0.1, 0.15) is 5.75 Å². The van der Waals surface area contributed by atoms with Gasteiger partial charge in [-0.3, -0.25) is 14.4 Å². The van der Waals surface area contributed by atoms with Gasteiger partial charge in [0.05, 0.1) is 12.3 Å². The van der Waals surface area contributed by atoms with Crippen molar-refractivity contribution in [2.75, 3.05) is 18.1 Å². The van der Waals surface area contributed by atoms with Crippen LogP contribution in [0.3, 0.4) is 0 Å². The molecule has 2 aromatic carbocycles. The third-order valence-corrected chi connectivity index (χ3v) is 6.50. The summed E-state index contributed by atoms with van der Waals surface area (Å²) in [6.45, 7) is 5.53. The summed E-state index contributed by atoms with van der Waals surface area (Å²) in [5.41, 5.74) is 2.39. The van der Waals surface area contributed by atoms with Crippen molar-refractivity contribution in [1.29, 1.82) is 0 Å². The molecule has 8 nitrogen and oxygen atoms in total. The number of benzene rings is 2. The van der Waals surface area contributed by atoms with Gasteiger partial charge in [-0.1, -0.05) is 36.4 Å². The van der Waals surface area contributed by atoms with E-state index in [2.05, 4.69) is 10.4 Å². The Kier molecular flexibility index (Phi) is 5.92. The van der Waals surface area contributed by atoms with E-state index in [1.165, 1.54) is 18.9 Å². The van der Waals surface area contributed by atoms with Crippen LogP contribution in [0.15, 0.2) is 53.6 Å². The first kappa shape index (κ1) is 21.9. The molecule has 1 atom stereocenters. The van der Waals surface area contributed by atoms with Crippen molar-refractivity contribution in [3.8, 4) is 5.75 Å². The van der Waals surface area contributed by atoms with Crippen LogP contribution < -0.4 is 15.0 Å². The van der Waals surface area contributed by atoms with Crippen LogP contribution in [0.1, 0.15) is 31.4 Å². The molecule has 32 heavy (non-hydrogen) atoms. The first-order valence-electron chi connectivity index (χ1n) is 10.3. The number of hydrazone groups is 1. The molecule has 4 rings (SSSR count). The molecule has 2 aliphatic heterocycles. The fraction of sp³-hybridized carbons (Fsp3) is 0.304. The molecule has 0 bridgehead atoms. The van der Waals surface area contributed by atoms with E-state index in [0.29, 0.717) is 25.1 Å². The number of ether oxygens (including phenoxy) is 1. The lowest BCUT2D eigenvalue weighted by Crippen LogP contribution is -2.48. The zero-order chi connectivity index (χ0) is 22.9. The van der Waals surface area contributed by atoms with Crippen molar-refractivity contribution >= 4 is 40.3 Å². The van der Waals surface area contributed by atoms with Gasteiger partial charge in [-0.15, -0.1) is 5.10 Å². The molecule has 1 spiro atoms. The number of anilines is 1. The monoisotopic (exact) mass is 452 g/mol. The van der Waals surface area contributed by atoms with Crippen LogP contribution in [-0.2, 0) is 19.3 Å². The molecule has 0 radical (unpaired) electrons. The van der Waals surface area contributed by atoms with Crippen molar-refractivity contribution in [3.05, 3.63) is 59.7 Å². The zero-order valence-electron chi connectivity index (χ0n) is 18.1. The number of thioether (sulfide) groups is 1. The maximum absolute atomic E-state index is 13.8. The van der Waals surface area contributed by atoms with E-state index in [4.69, 9.17) is 4.74 Å². The molecule has 0 aliphatic carbocycles. The summed E-state index contributed by atoms with van der Waals surface area (Å²) < 4.78 is 5.78. The molecular formula is C23H24N4O4S. The molecule has 0 unspecified atom stereocenters. The van der Waals surface area contributed by atoms with E-state index in [9.17, 15) is 14.4 Å². The Labute approximate surface area is 190 Å². The van der Waals surface area contributed by atoms with Gasteiger partial charge in [0, 0.05) is 26.0 Å². The highest BCUT2D eigenvalue weighted by Crippen LogP contribution is 2.55. The van der Waals surface area contributed by atoms with E-state index in [1.807, 2.05) is 55.5 Å². The summed E-state index contributed by atoms with van der Waals surface area (Å²) in [4.78, 5) is 38.3. The van der Waals surface area contributed by atoms with E-state index >= 15 is 0 Å². The molecule has 0 aromatic heterocycles. The van der Waals surface area contributed by atoms with Gasteiger partial charge in [0.15, 0.2) is 5.17 Å². The summed E-state index contributed by atoms with van der Waals surface area (Å²) in [6, 6.07) is 15.1. The van der Waals surface area contributed by atoms with Crippen molar-refractivity contribution in [2.45, 2.75) is 32.1 Å². The first-order chi connectivity index (χ1) is 15.3. The van der Waals surface area contributed by atoms with E-state index in [1.54, 1.807) is 4.90 Å². The largest absolute Gasteiger partial charge is 0.494 e. The number of amides is 3. The standard InChI is InChI=1S/C23H24N4O4S/c1-15-9-7-12-19-20(15)26(13-8-14-31-18-10-5-4-6-11-18)21(30)23(19)27(17(3)29)25-22(32-23)24-16(2)28/h4-7,9-12H,8,13-14H2,1-3H3,(H,24,25,28)/t23-/m0/s1. The Morgan fingerprint density at radius 2 is 1.88 bits per heavy atom. The fourth-order valence-corrected chi connectivity index (χ4v) is 5.32. The number of rotatable bonds is 5. The third kappa shape index (κ3) is 3.73. The van der Waals surface area contributed by atoms with Crippen molar-refractivity contribution in [3.63, 3.8) is 0 Å². The van der Waals surface area contributed by atoms with Crippen molar-refractivity contribution < 1.29 is 19.1 Å². The maximum Gasteiger partial charge on any atom is 0.270 e. The summed E-state index contributed by atoms with van der Waals surface area (Å²) in [5.74, 6) is -0.184. The Balaban J connectivity index is 1.62. The summed E-state index contributed by atoms with van der Waals surface area (Å²) >= 11 is 1.09. The second kappa shape index (κ2) is 8.66. The zero-order valence-corrected chi connectivity index (χ0v) is 18.9. The summed E-state index contributed by atoms with van der Waals surface area (Å²) in [5, 5.41) is 8.30. The van der Waals surface area contributed by atoms with Crippen LogP contribution in [0.25, 0.3) is 0 Å². The van der Waals surface area contributed by atoms with Crippen molar-refractivity contribution in [2.24, 2.45) is 5.10 Å². The second-order valence-corrected chi connectivity index (χ2v) is 8.79. The van der Waals surface area contributed by atoms with Gasteiger partial charge in [-0.25, -0.2) is 0 Å². The van der Waals surface area contributed by atoms with Crippen molar-refractivity contribution in [1.82, 2.24) is 10.3 Å². The molecule has 0 saturated carbocycles. The molecule has 2 aromatic rings. The van der Waals surface area contributed by atoms with Crippen LogP contribution in [-0.4, -0.2) is 41.0 Å². The normalized spacial score (nSPS) is 19.2. The Hall–Kier alpha value is -3.33. The Bertz CT molecular complexity index is 1100. The molecular weight excluding hydrogens is 428 g/mol. The highest BCUT2D eigenvalue weighted by atomic mass is 32.2. The molecule has 3 amide bonds. The molecule has 0 fully saturated rings. The maximum atomic E-state index is 13.8. The number of amidine groups is 1. The number of fused-ring (bicyclic) bond motifs is 2. The SMILES string of the molecule is CC(=O)NC1=NN(C(C)=O)[C@@]2(S1)C(=O)N(CCCOc1ccccc1)c1c(C)cccc12. The van der Waals surface area contributed by atoms with Crippen LogP contribution in [0.4, 0.5) is 5.69 Å². The van der Waals surface area contributed by atoms with E-state index in [0.717, 1.165) is 28.8 Å². The smallest absolute Gasteiger partial charge is 0.270 e. The number of aryl methyl sites for hydroxylation is 1. The fourth-order valence-electron chi connectivity index (χ4n) is 3.99. The number of carbonyl (C=O) groups excluding carboxylic acids is 3. The Morgan fingerprint density at radius 1 is 1.12 bits per heavy atom. The van der Waals surface area contributed by atoms with Crippen LogP contribution in [0, 0.1) is 6.92 Å². The highest BCUT2D eigenvalue weighted by molar-refractivity contribution is 8.15. The molecule has 2 heterocycles. The van der Waals surface area contributed by atoms with Gasteiger partial charge in [0.25, 0.3) is 5.91 Å². The molecule has 166 valence electrons. The highest BCUT2D eigenvalue weighted by Gasteiger charge is 2.61. The molecule has 1 N–H and O–H groups in total. The average molecular weight is 453 g/mol. The predicted molar refractivity (Wildman–Crippen MR) is 123 cm³/mol. The third-order valence-electron chi connectivity index (χ3n) is 5.26. The number of nitrogens with one attached hydrogen (secondary N) is 1. The van der Waals surface area contributed by atoms with Gasteiger partial charge in [0.2, 0.25) is 16.7 Å². The minimum absolute atomic E-state index is 0.225. The number of hydrogen-bond acceptors (Lipinski definition) is 6. The molecule has 0 saturated heterocycles. The minimum Gasteiger partial charge on any atom is -0.494 e. The predicted octanol–water partition coefficient (Wildman–Crippen LogP) is 2.97. The molecule has 2 aliphatic rings. The lowest BCUT2D eigenvalue weighted by Gasteiger charge is -2.29. The molecule has 9 heteroatoms. The first-order valence-corrected chi connectivity index (χ1v) is 11.1. The van der Waals surface area contributed by atoms with Gasteiger partial charge >= 0.3 is 0 Å². The van der Waals surface area contributed by atoms with Gasteiger partial charge < -0.3 is 15.0 Å². The summed E-state index contributed by atoms with van der Waals surface area (Å²) in [7, 11) is 0. The number of para-hydroxylation sites is 2. The van der Waals surface area contributed by atoms with Gasteiger partial charge in [-0.05, 0) is 42.8 Å². The number of hydrogen-bond donors (Lipinski definition) is 1. The number of carbonyl (C=O) groups is 3. The van der Waals surface area contributed by atoms with E-state index in [-0.39, 0.29) is 22.9 Å². The average Bonchev–Trinajstić information content (AvgIpc) is 3.24. The van der Waals surface area contributed by atoms with Crippen LogP contribution >= 0.6 is 11.8 Å². The minimum atomic E-state index is -1.37. The Morgan fingerprint density at radius 3 is 2.56 bits per heavy atom. The lowest BCUT2D eigenvalue weighted by atomic mass is 10.0. The second-order valence-electron chi connectivity index (χ2n) is 7.61. The van der Waals surface area contributed by atoms with Crippen LogP contribution in [0.5, 0.6) is 5.75 Å². The summed E-state index contributed by atoms with van der Waals surface area (Å²) in [6.07, 6.45) is 0.606. The van der Waals surface area contributed by atoms with Crippen LogP contribution in [0.2, 0.25) is 0 Å². The van der Waals surface area contributed by atoms with E-state index < -0.39 is 4.87 Å². The number of nitrogens with zero attached hydrogens (tertiary/aromatic N) is 3. The topological polar surface area (TPSA) is 91.3 Å². The quantitative estimate of drug-likeness (QED) is 0.705. The van der Waals surface area contributed by atoms with Gasteiger partial charge in [-0.2, -0.15) is 5.01 Å². The lowest BCUT2D eigenvalue weighted by molar-refractivity contribution is -0.139.